The Morgan fingerprint density at radius 3 is 3.14 bits per heavy atom. The molecule has 0 fully saturated rings. The van der Waals surface area contributed by atoms with E-state index in [1.54, 1.807) is 0 Å². The van der Waals surface area contributed by atoms with Gasteiger partial charge in [0.1, 0.15) is 5.82 Å². The fourth-order valence-electron chi connectivity index (χ4n) is 0.918. The van der Waals surface area contributed by atoms with Crippen LogP contribution in [0.2, 0.25) is 0 Å². The third kappa shape index (κ3) is 3.80. The monoisotopic (exact) mass is 214 g/mol. The average Bonchev–Trinajstić information content (AvgIpc) is 2.11. The third-order valence-corrected chi connectivity index (χ3v) is 2.38. The van der Waals surface area contributed by atoms with Gasteiger partial charge in [-0.3, -0.25) is 4.79 Å². The molecule has 1 heterocycles. The van der Waals surface area contributed by atoms with Gasteiger partial charge < -0.3 is 16.0 Å². The molecule has 78 valence electrons. The number of nitrogens with two attached hydrogens (primary N) is 1. The molecule has 1 aromatic rings. The lowest BCUT2D eigenvalue weighted by atomic mass is 10.6. The van der Waals surface area contributed by atoms with E-state index in [-0.39, 0.29) is 11.4 Å². The summed E-state index contributed by atoms with van der Waals surface area (Å²) < 4.78 is 0. The van der Waals surface area contributed by atoms with Gasteiger partial charge in [0, 0.05) is 18.4 Å². The first-order valence-corrected chi connectivity index (χ1v) is 5.41. The summed E-state index contributed by atoms with van der Waals surface area (Å²) in [4.78, 5) is 17.6. The molecule has 1 aromatic heterocycles. The molecule has 4 N–H and O–H groups in total. The van der Waals surface area contributed by atoms with Crippen molar-refractivity contribution in [3.05, 3.63) is 16.4 Å². The molecule has 0 aliphatic carbocycles. The molecule has 0 atom stereocenters. The van der Waals surface area contributed by atoms with E-state index in [0.29, 0.717) is 5.16 Å². The van der Waals surface area contributed by atoms with Crippen molar-refractivity contribution in [2.75, 3.05) is 24.6 Å². The Labute approximate surface area is 86.5 Å². The summed E-state index contributed by atoms with van der Waals surface area (Å²) in [6, 6.07) is 1.27. The van der Waals surface area contributed by atoms with Gasteiger partial charge in [-0.05, 0) is 6.54 Å². The van der Waals surface area contributed by atoms with Crippen LogP contribution in [0.15, 0.2) is 16.0 Å². The molecule has 0 saturated heterocycles. The zero-order chi connectivity index (χ0) is 10.4. The summed E-state index contributed by atoms with van der Waals surface area (Å²) in [5, 5.41) is 3.75. The molecule has 0 radical (unpaired) electrons. The number of nitrogens with one attached hydrogen (secondary N) is 2. The molecule has 0 aromatic carbocycles. The lowest BCUT2D eigenvalue weighted by molar-refractivity contribution is 0.767. The van der Waals surface area contributed by atoms with Gasteiger partial charge in [0.05, 0.1) is 0 Å². The summed E-state index contributed by atoms with van der Waals surface area (Å²) in [7, 11) is 0. The zero-order valence-corrected chi connectivity index (χ0v) is 8.86. The molecule has 5 nitrogen and oxygen atoms in total. The van der Waals surface area contributed by atoms with Crippen molar-refractivity contribution in [1.82, 2.24) is 15.3 Å². The Balaban J connectivity index is 2.46. The molecule has 0 aliphatic heterocycles. The lowest BCUT2D eigenvalue weighted by Crippen LogP contribution is -2.16. The van der Waals surface area contributed by atoms with Gasteiger partial charge in [-0.2, -0.15) is 0 Å². The van der Waals surface area contributed by atoms with Crippen LogP contribution < -0.4 is 16.6 Å². The number of H-pyrrole nitrogens is 1. The number of aromatic nitrogens is 2. The van der Waals surface area contributed by atoms with Gasteiger partial charge in [0.2, 0.25) is 0 Å². The van der Waals surface area contributed by atoms with Crippen LogP contribution in [-0.2, 0) is 0 Å². The van der Waals surface area contributed by atoms with Crippen molar-refractivity contribution in [1.29, 1.82) is 0 Å². The molecule has 1 rings (SSSR count). The third-order valence-electron chi connectivity index (χ3n) is 1.51. The molecule has 0 bridgehead atoms. The molecule has 6 heteroatoms. The molecule has 0 spiro atoms. The highest BCUT2D eigenvalue weighted by Gasteiger charge is 1.98. The normalized spacial score (nSPS) is 10.4. The maximum atomic E-state index is 11.0. The summed E-state index contributed by atoms with van der Waals surface area (Å²) in [5.41, 5.74) is 5.22. The maximum Gasteiger partial charge on any atom is 0.253 e. The number of anilines is 1. The van der Waals surface area contributed by atoms with Crippen LogP contribution >= 0.6 is 11.8 Å². The van der Waals surface area contributed by atoms with Crippen LogP contribution in [0.5, 0.6) is 0 Å². The van der Waals surface area contributed by atoms with Crippen molar-refractivity contribution < 1.29 is 0 Å². The van der Waals surface area contributed by atoms with E-state index in [2.05, 4.69) is 15.3 Å². The van der Waals surface area contributed by atoms with Gasteiger partial charge >= 0.3 is 0 Å². The van der Waals surface area contributed by atoms with Crippen LogP contribution in [0.3, 0.4) is 0 Å². The van der Waals surface area contributed by atoms with Crippen LogP contribution in [0, 0.1) is 0 Å². The maximum absolute atomic E-state index is 11.0. The lowest BCUT2D eigenvalue weighted by Gasteiger charge is -2.01. The molecule has 14 heavy (non-hydrogen) atoms. The molecular weight excluding hydrogens is 200 g/mol. The predicted molar refractivity (Wildman–Crippen MR) is 58.5 cm³/mol. The first-order valence-electron chi connectivity index (χ1n) is 4.42. The van der Waals surface area contributed by atoms with Gasteiger partial charge in [-0.1, -0.05) is 18.7 Å². The van der Waals surface area contributed by atoms with E-state index in [4.69, 9.17) is 5.73 Å². The molecule has 0 aliphatic rings. The fraction of sp³-hybridized carbons (Fsp3) is 0.500. The Kier molecular flexibility index (Phi) is 4.48. The fourth-order valence-corrected chi connectivity index (χ4v) is 1.70. The van der Waals surface area contributed by atoms with E-state index in [0.717, 1.165) is 18.8 Å². The van der Waals surface area contributed by atoms with Gasteiger partial charge in [-0.25, -0.2) is 4.98 Å². The van der Waals surface area contributed by atoms with Crippen molar-refractivity contribution in [2.45, 2.75) is 12.1 Å². The van der Waals surface area contributed by atoms with Crippen LogP contribution in [0.1, 0.15) is 6.92 Å². The zero-order valence-electron chi connectivity index (χ0n) is 8.04. The summed E-state index contributed by atoms with van der Waals surface area (Å²) in [6.45, 7) is 3.88. The first kappa shape index (κ1) is 11.1. The predicted octanol–water partition coefficient (Wildman–Crippen LogP) is 0.0537. The number of aromatic amines is 1. The molecule has 0 saturated carbocycles. The minimum atomic E-state index is -0.205. The number of rotatable bonds is 5. The van der Waals surface area contributed by atoms with Crippen LogP contribution in [0.25, 0.3) is 0 Å². The average molecular weight is 214 g/mol. The highest BCUT2D eigenvalue weighted by Crippen LogP contribution is 2.10. The van der Waals surface area contributed by atoms with Gasteiger partial charge in [-0.15, -0.1) is 0 Å². The summed E-state index contributed by atoms with van der Waals surface area (Å²) in [5.74, 6) is 1.12. The van der Waals surface area contributed by atoms with Crippen LogP contribution in [-0.4, -0.2) is 28.8 Å². The second-order valence-electron chi connectivity index (χ2n) is 2.68. The second-order valence-corrected chi connectivity index (χ2v) is 3.76. The summed E-state index contributed by atoms with van der Waals surface area (Å²) >= 11 is 1.48. The minimum absolute atomic E-state index is 0.205. The van der Waals surface area contributed by atoms with Crippen LogP contribution in [0.4, 0.5) is 5.82 Å². The Morgan fingerprint density at radius 1 is 1.71 bits per heavy atom. The highest BCUT2D eigenvalue weighted by atomic mass is 32.2. The quantitative estimate of drug-likeness (QED) is 0.366. The number of nitrogen functional groups attached to an aromatic ring is 1. The van der Waals surface area contributed by atoms with Gasteiger partial charge in [0.15, 0.2) is 5.16 Å². The van der Waals surface area contributed by atoms with E-state index < -0.39 is 0 Å². The van der Waals surface area contributed by atoms with E-state index >= 15 is 0 Å². The van der Waals surface area contributed by atoms with Gasteiger partial charge in [0.25, 0.3) is 5.56 Å². The van der Waals surface area contributed by atoms with Crippen molar-refractivity contribution in [3.63, 3.8) is 0 Å². The Hall–Kier alpha value is -1.01. The number of hydrogen-bond acceptors (Lipinski definition) is 5. The number of thioether (sulfide) groups is 1. The molecule has 0 unspecified atom stereocenters. The second kappa shape index (κ2) is 5.66. The highest BCUT2D eigenvalue weighted by molar-refractivity contribution is 7.99. The topological polar surface area (TPSA) is 83.8 Å². The van der Waals surface area contributed by atoms with E-state index in [1.807, 2.05) is 6.92 Å². The van der Waals surface area contributed by atoms with E-state index in [9.17, 15) is 4.79 Å². The van der Waals surface area contributed by atoms with Crippen molar-refractivity contribution in [3.8, 4) is 0 Å². The first-order chi connectivity index (χ1) is 6.72. The summed E-state index contributed by atoms with van der Waals surface area (Å²) in [6.07, 6.45) is 0. The Bertz CT molecular complexity index is 338. The number of nitrogens with zero attached hydrogens (tertiary/aromatic N) is 1. The number of hydrogen-bond donors (Lipinski definition) is 3. The smallest absolute Gasteiger partial charge is 0.253 e. The Morgan fingerprint density at radius 2 is 2.50 bits per heavy atom. The molecular formula is C8H14N4OS. The molecule has 0 amide bonds. The van der Waals surface area contributed by atoms with Crippen molar-refractivity contribution in [2.24, 2.45) is 0 Å². The minimum Gasteiger partial charge on any atom is -0.383 e. The SMILES string of the molecule is CCNCCSc1nc(N)cc(=O)[nH]1. The van der Waals surface area contributed by atoms with Crippen molar-refractivity contribution >= 4 is 17.6 Å². The standard InChI is InChI=1S/C8H14N4OS/c1-2-10-3-4-14-8-11-6(9)5-7(13)12-8/h5,10H,2-4H2,1H3,(H3,9,11,12,13). The largest absolute Gasteiger partial charge is 0.383 e. The van der Waals surface area contributed by atoms with E-state index in [1.165, 1.54) is 17.8 Å².